The first kappa shape index (κ1) is 20.8. The van der Waals surface area contributed by atoms with Crippen molar-refractivity contribution in [3.8, 4) is 28.4 Å². The highest BCUT2D eigenvalue weighted by Gasteiger charge is 2.24. The molecule has 0 atom stereocenters. The molecule has 0 fully saturated rings. The van der Waals surface area contributed by atoms with E-state index in [4.69, 9.17) is 23.0 Å². The zero-order valence-corrected chi connectivity index (χ0v) is 19.0. The summed E-state index contributed by atoms with van der Waals surface area (Å²) in [4.78, 5) is 27.6. The monoisotopic (exact) mass is 481 g/mol. The van der Waals surface area contributed by atoms with E-state index in [2.05, 4.69) is 4.90 Å². The van der Waals surface area contributed by atoms with E-state index in [9.17, 15) is 9.59 Å². The van der Waals surface area contributed by atoms with Gasteiger partial charge in [0.25, 0.3) is 0 Å². The maximum atomic E-state index is 12.9. The largest absolute Gasteiger partial charge is 0.478 e. The molecule has 0 bridgehead atoms. The van der Waals surface area contributed by atoms with Crippen LogP contribution in [0.25, 0.3) is 33.1 Å². The van der Waals surface area contributed by atoms with E-state index in [0.717, 1.165) is 28.0 Å². The topological polar surface area (TPSA) is 91.4 Å². The van der Waals surface area contributed by atoms with Gasteiger partial charge in [0.2, 0.25) is 6.79 Å². The minimum Gasteiger partial charge on any atom is -0.478 e. The van der Waals surface area contributed by atoms with Gasteiger partial charge in [0, 0.05) is 35.5 Å². The van der Waals surface area contributed by atoms with Gasteiger partial charge < -0.3 is 23.0 Å². The van der Waals surface area contributed by atoms with E-state index < -0.39 is 11.3 Å². The lowest BCUT2D eigenvalue weighted by Gasteiger charge is -2.29. The molecule has 7 rings (SSSR count). The van der Waals surface area contributed by atoms with Gasteiger partial charge in [-0.15, -0.1) is 0 Å². The maximum Gasteiger partial charge on any atom is 0.344 e. The van der Waals surface area contributed by atoms with Crippen molar-refractivity contribution in [2.45, 2.75) is 13.1 Å². The summed E-state index contributed by atoms with van der Waals surface area (Å²) in [6.45, 7) is 1.71. The van der Waals surface area contributed by atoms with Crippen LogP contribution in [-0.4, -0.2) is 18.4 Å². The summed E-state index contributed by atoms with van der Waals surface area (Å²) in [5.74, 6) is 2.11. The molecule has 2 aliphatic rings. The van der Waals surface area contributed by atoms with E-state index in [1.165, 1.54) is 6.07 Å². The van der Waals surface area contributed by atoms with Gasteiger partial charge >= 0.3 is 11.3 Å². The quantitative estimate of drug-likeness (QED) is 0.344. The third-order valence-electron chi connectivity index (χ3n) is 6.53. The Morgan fingerprint density at radius 3 is 2.58 bits per heavy atom. The summed E-state index contributed by atoms with van der Waals surface area (Å²) in [7, 11) is 0. The lowest BCUT2D eigenvalue weighted by atomic mass is 9.99. The lowest BCUT2D eigenvalue weighted by Crippen LogP contribution is -2.31. The van der Waals surface area contributed by atoms with Crippen molar-refractivity contribution in [3.05, 3.63) is 98.7 Å². The molecule has 0 N–H and O–H groups in total. The Balaban J connectivity index is 1.30. The van der Waals surface area contributed by atoms with Crippen LogP contribution >= 0.6 is 0 Å². The first-order valence-corrected chi connectivity index (χ1v) is 11.5. The molecule has 8 heteroatoms. The molecule has 0 spiro atoms. The number of rotatable bonds is 3. The molecule has 178 valence electrons. The van der Waals surface area contributed by atoms with Crippen molar-refractivity contribution >= 4 is 21.9 Å². The van der Waals surface area contributed by atoms with E-state index in [-0.39, 0.29) is 6.79 Å². The smallest absolute Gasteiger partial charge is 0.344 e. The summed E-state index contributed by atoms with van der Waals surface area (Å²) >= 11 is 0. The Bertz CT molecular complexity index is 1790. The average Bonchev–Trinajstić information content (AvgIpc) is 3.36. The number of fused-ring (bicyclic) bond motifs is 5. The van der Waals surface area contributed by atoms with Crippen LogP contribution in [0.3, 0.4) is 0 Å². The van der Waals surface area contributed by atoms with E-state index in [1.54, 1.807) is 18.2 Å². The second-order valence-corrected chi connectivity index (χ2v) is 8.83. The predicted octanol–water partition coefficient (Wildman–Crippen LogP) is 4.65. The van der Waals surface area contributed by atoms with Crippen LogP contribution in [0, 0.1) is 0 Å². The van der Waals surface area contributed by atoms with Crippen molar-refractivity contribution in [2.75, 3.05) is 13.5 Å². The number of para-hydroxylation sites is 1. The zero-order chi connectivity index (χ0) is 24.2. The van der Waals surface area contributed by atoms with Crippen molar-refractivity contribution in [2.24, 2.45) is 0 Å². The molecular weight excluding hydrogens is 462 g/mol. The Morgan fingerprint density at radius 2 is 1.64 bits per heavy atom. The van der Waals surface area contributed by atoms with Gasteiger partial charge in [-0.1, -0.05) is 24.3 Å². The van der Waals surface area contributed by atoms with Gasteiger partial charge in [-0.3, -0.25) is 4.90 Å². The molecule has 0 unspecified atom stereocenters. The molecule has 0 saturated heterocycles. The summed E-state index contributed by atoms with van der Waals surface area (Å²) in [5.41, 5.74) is 2.40. The zero-order valence-electron chi connectivity index (χ0n) is 19.0. The Labute approximate surface area is 203 Å². The normalized spacial score (nSPS) is 14.7. The molecule has 0 aliphatic carbocycles. The van der Waals surface area contributed by atoms with Gasteiger partial charge in [0.05, 0.1) is 11.1 Å². The fraction of sp³-hybridized carbons (Fsp3) is 0.143. The van der Waals surface area contributed by atoms with Crippen molar-refractivity contribution < 1.29 is 23.0 Å². The fourth-order valence-electron chi connectivity index (χ4n) is 4.85. The third kappa shape index (κ3) is 3.42. The number of ether oxygens (including phenoxy) is 3. The molecule has 3 aromatic carbocycles. The molecular formula is C28H19NO7. The van der Waals surface area contributed by atoms with Gasteiger partial charge in [-0.25, -0.2) is 9.59 Å². The molecule has 0 amide bonds. The van der Waals surface area contributed by atoms with Gasteiger partial charge in [-0.2, -0.15) is 0 Å². The standard InChI is InChI=1S/C28H19NO7/c30-26-11-19(20-10-17-3-1-2-4-22(17)35-28(20)31)18-6-8-23-21(27(18)36-26)13-29(14-32-23)12-16-5-7-24-25(9-16)34-15-33-24/h1-11H,12-15H2. The second-order valence-electron chi connectivity index (χ2n) is 8.83. The predicted molar refractivity (Wildman–Crippen MR) is 131 cm³/mol. The van der Waals surface area contributed by atoms with Gasteiger partial charge in [0.15, 0.2) is 11.5 Å². The SMILES string of the molecule is O=c1cc(-c2cc3ccccc3oc2=O)c2ccc3c(c2o1)CN(Cc1ccc2c(c1)OCO2)CO3. The van der Waals surface area contributed by atoms with Gasteiger partial charge in [0.1, 0.15) is 23.6 Å². The Hall–Kier alpha value is -4.56. The number of nitrogens with zero attached hydrogens (tertiary/aromatic N) is 1. The summed E-state index contributed by atoms with van der Waals surface area (Å²) in [6, 6.07) is 19.9. The minimum atomic E-state index is -0.550. The second kappa shape index (κ2) is 8.00. The van der Waals surface area contributed by atoms with Crippen LogP contribution in [0.4, 0.5) is 0 Å². The third-order valence-corrected chi connectivity index (χ3v) is 6.53. The summed E-state index contributed by atoms with van der Waals surface area (Å²) < 4.78 is 28.1. The van der Waals surface area contributed by atoms with Crippen molar-refractivity contribution in [3.63, 3.8) is 0 Å². The molecule has 0 radical (unpaired) electrons. The summed E-state index contributed by atoms with van der Waals surface area (Å²) in [5, 5.41) is 1.41. The Morgan fingerprint density at radius 1 is 0.778 bits per heavy atom. The van der Waals surface area contributed by atoms with E-state index in [0.29, 0.717) is 53.2 Å². The average molecular weight is 481 g/mol. The molecule has 2 aliphatic heterocycles. The van der Waals surface area contributed by atoms with E-state index in [1.807, 2.05) is 42.5 Å². The molecule has 36 heavy (non-hydrogen) atoms. The first-order chi connectivity index (χ1) is 17.6. The Kier molecular flexibility index (Phi) is 4.62. The lowest BCUT2D eigenvalue weighted by molar-refractivity contribution is 0.0889. The van der Waals surface area contributed by atoms with Crippen LogP contribution in [0.2, 0.25) is 0 Å². The molecule has 0 saturated carbocycles. The van der Waals surface area contributed by atoms with Crippen LogP contribution in [0.5, 0.6) is 17.2 Å². The number of hydrogen-bond donors (Lipinski definition) is 0. The fourth-order valence-corrected chi connectivity index (χ4v) is 4.85. The van der Waals surface area contributed by atoms with E-state index >= 15 is 0 Å². The summed E-state index contributed by atoms with van der Waals surface area (Å²) in [6.07, 6.45) is 0. The highest BCUT2D eigenvalue weighted by atomic mass is 16.7. The molecule has 8 nitrogen and oxygen atoms in total. The highest BCUT2D eigenvalue weighted by Crippen LogP contribution is 2.37. The van der Waals surface area contributed by atoms with Crippen molar-refractivity contribution in [1.82, 2.24) is 4.90 Å². The van der Waals surface area contributed by atoms with Gasteiger partial charge in [-0.05, 0) is 42.0 Å². The minimum absolute atomic E-state index is 0.224. The van der Waals surface area contributed by atoms with Crippen LogP contribution in [0.1, 0.15) is 11.1 Å². The number of benzene rings is 3. The molecule has 2 aromatic heterocycles. The maximum absolute atomic E-state index is 12.9. The first-order valence-electron chi connectivity index (χ1n) is 11.5. The highest BCUT2D eigenvalue weighted by molar-refractivity contribution is 5.97. The molecule has 4 heterocycles. The van der Waals surface area contributed by atoms with Crippen LogP contribution in [-0.2, 0) is 13.1 Å². The van der Waals surface area contributed by atoms with Crippen LogP contribution in [0.15, 0.2) is 85.2 Å². The van der Waals surface area contributed by atoms with Crippen molar-refractivity contribution in [1.29, 1.82) is 0 Å². The number of hydrogen-bond acceptors (Lipinski definition) is 8. The molecule has 5 aromatic rings. The van der Waals surface area contributed by atoms with Crippen LogP contribution < -0.4 is 25.5 Å².